The zero-order chi connectivity index (χ0) is 20.4. The second kappa shape index (κ2) is 7.87. The Kier molecular flexibility index (Phi) is 5.28. The first-order valence-corrected chi connectivity index (χ1v) is 10.2. The minimum Gasteiger partial charge on any atom is -0.372 e. The van der Waals surface area contributed by atoms with E-state index < -0.39 is 0 Å². The number of hydrogen-bond donors (Lipinski definition) is 3. The number of allylic oxidation sites excluding steroid dienone is 1. The number of benzene rings is 1. The topological polar surface area (TPSA) is 65.1 Å². The molecule has 6 heteroatoms. The molecule has 0 fully saturated rings. The fourth-order valence-electron chi connectivity index (χ4n) is 3.81. The highest BCUT2D eigenvalue weighted by molar-refractivity contribution is 5.52. The molecule has 1 atom stereocenters. The van der Waals surface area contributed by atoms with Crippen molar-refractivity contribution in [1.82, 2.24) is 20.6 Å². The number of hydrogen-bond acceptors (Lipinski definition) is 6. The molecule has 1 unspecified atom stereocenters. The summed E-state index contributed by atoms with van der Waals surface area (Å²) in [4.78, 5) is 10.8. The molecule has 0 aliphatic carbocycles. The third-order valence-electron chi connectivity index (χ3n) is 5.52. The average Bonchev–Trinajstić information content (AvgIpc) is 2.92. The number of nitrogens with one attached hydrogen (secondary N) is 3. The maximum Gasteiger partial charge on any atom is 0.138 e. The van der Waals surface area contributed by atoms with Crippen molar-refractivity contribution >= 4 is 11.5 Å². The Labute approximate surface area is 173 Å². The van der Waals surface area contributed by atoms with Crippen molar-refractivity contribution in [2.75, 3.05) is 23.4 Å². The fourth-order valence-corrected chi connectivity index (χ4v) is 3.81. The van der Waals surface area contributed by atoms with E-state index in [2.05, 4.69) is 88.1 Å². The quantitative estimate of drug-likeness (QED) is 0.744. The minimum atomic E-state index is 0.0998. The Morgan fingerprint density at radius 1 is 1.17 bits per heavy atom. The van der Waals surface area contributed by atoms with Crippen LogP contribution in [0.5, 0.6) is 0 Å². The normalized spacial score (nSPS) is 19.4. The molecule has 1 aromatic carbocycles. The standard InChI is InChI=1S/C23H30N6/c1-16-13-24-14-27-22(16)29-11-9-19-20(10-12-29)25-15-26-21(19)28-18-7-5-17(6-8-18)23(2,3)4/h5-8,10,12-14,21,25-26,28H,9,11,15H2,1-4H3. The molecule has 3 N–H and O–H groups in total. The van der Waals surface area contributed by atoms with Crippen LogP contribution < -0.4 is 20.9 Å². The molecule has 152 valence electrons. The number of anilines is 2. The van der Waals surface area contributed by atoms with Crippen LogP contribution in [0.25, 0.3) is 0 Å². The van der Waals surface area contributed by atoms with Gasteiger partial charge in [0.1, 0.15) is 18.3 Å². The molecule has 3 heterocycles. The number of aryl methyl sites for hydroxylation is 1. The summed E-state index contributed by atoms with van der Waals surface area (Å²) in [5.41, 5.74) is 6.23. The van der Waals surface area contributed by atoms with Crippen LogP contribution in [0, 0.1) is 6.92 Å². The summed E-state index contributed by atoms with van der Waals surface area (Å²) in [6.07, 6.45) is 8.78. The Morgan fingerprint density at radius 3 is 2.69 bits per heavy atom. The van der Waals surface area contributed by atoms with Gasteiger partial charge >= 0.3 is 0 Å². The summed E-state index contributed by atoms with van der Waals surface area (Å²) < 4.78 is 0. The van der Waals surface area contributed by atoms with Gasteiger partial charge in [-0.25, -0.2) is 9.97 Å². The zero-order valence-corrected chi connectivity index (χ0v) is 17.7. The first kappa shape index (κ1) is 19.5. The van der Waals surface area contributed by atoms with Crippen molar-refractivity contribution < 1.29 is 0 Å². The molecule has 0 bridgehead atoms. The predicted molar refractivity (Wildman–Crippen MR) is 119 cm³/mol. The highest BCUT2D eigenvalue weighted by Crippen LogP contribution is 2.27. The van der Waals surface area contributed by atoms with Gasteiger partial charge in [-0.2, -0.15) is 0 Å². The number of rotatable bonds is 3. The van der Waals surface area contributed by atoms with Crippen molar-refractivity contribution in [2.45, 2.75) is 45.7 Å². The van der Waals surface area contributed by atoms with Crippen LogP contribution in [0.15, 0.2) is 60.3 Å². The van der Waals surface area contributed by atoms with E-state index in [-0.39, 0.29) is 11.6 Å². The lowest BCUT2D eigenvalue weighted by atomic mass is 9.87. The van der Waals surface area contributed by atoms with Crippen LogP contribution in [0.1, 0.15) is 38.3 Å². The summed E-state index contributed by atoms with van der Waals surface area (Å²) in [6, 6.07) is 8.78. The van der Waals surface area contributed by atoms with Gasteiger partial charge in [-0.3, -0.25) is 5.32 Å². The van der Waals surface area contributed by atoms with Gasteiger partial charge in [0.25, 0.3) is 0 Å². The maximum absolute atomic E-state index is 4.47. The van der Waals surface area contributed by atoms with Gasteiger partial charge < -0.3 is 15.5 Å². The van der Waals surface area contributed by atoms with Gasteiger partial charge in [-0.1, -0.05) is 32.9 Å². The van der Waals surface area contributed by atoms with Crippen LogP contribution in [0.2, 0.25) is 0 Å². The van der Waals surface area contributed by atoms with Gasteiger partial charge in [-0.15, -0.1) is 0 Å². The van der Waals surface area contributed by atoms with E-state index in [9.17, 15) is 0 Å². The molecule has 6 nitrogen and oxygen atoms in total. The largest absolute Gasteiger partial charge is 0.372 e. The molecule has 0 saturated heterocycles. The third kappa shape index (κ3) is 4.27. The lowest BCUT2D eigenvalue weighted by molar-refractivity contribution is 0.530. The van der Waals surface area contributed by atoms with E-state index in [1.165, 1.54) is 16.8 Å². The lowest BCUT2D eigenvalue weighted by Gasteiger charge is -2.31. The van der Waals surface area contributed by atoms with Gasteiger partial charge in [0.2, 0.25) is 0 Å². The Morgan fingerprint density at radius 2 is 1.97 bits per heavy atom. The highest BCUT2D eigenvalue weighted by Gasteiger charge is 2.24. The average molecular weight is 391 g/mol. The summed E-state index contributed by atoms with van der Waals surface area (Å²) in [6.45, 7) is 10.4. The molecule has 0 spiro atoms. The van der Waals surface area contributed by atoms with E-state index in [1.807, 2.05) is 13.1 Å². The molecule has 1 aromatic heterocycles. The van der Waals surface area contributed by atoms with E-state index in [4.69, 9.17) is 0 Å². The van der Waals surface area contributed by atoms with Crippen molar-refractivity contribution in [1.29, 1.82) is 0 Å². The second-order valence-electron chi connectivity index (χ2n) is 8.69. The second-order valence-corrected chi connectivity index (χ2v) is 8.69. The van der Waals surface area contributed by atoms with E-state index >= 15 is 0 Å². The Hall–Kier alpha value is -2.86. The van der Waals surface area contributed by atoms with E-state index in [0.29, 0.717) is 0 Å². The molecule has 0 saturated carbocycles. The maximum atomic E-state index is 4.47. The first-order chi connectivity index (χ1) is 13.9. The Bertz CT molecular complexity index is 923. The summed E-state index contributed by atoms with van der Waals surface area (Å²) >= 11 is 0. The van der Waals surface area contributed by atoms with Gasteiger partial charge in [-0.05, 0) is 48.1 Å². The molecule has 2 aliphatic rings. The third-order valence-corrected chi connectivity index (χ3v) is 5.52. The molecule has 29 heavy (non-hydrogen) atoms. The van der Waals surface area contributed by atoms with Crippen molar-refractivity contribution in [3.63, 3.8) is 0 Å². The van der Waals surface area contributed by atoms with E-state index in [0.717, 1.165) is 36.7 Å². The monoisotopic (exact) mass is 390 g/mol. The van der Waals surface area contributed by atoms with Gasteiger partial charge in [0, 0.05) is 35.9 Å². The van der Waals surface area contributed by atoms with E-state index in [1.54, 1.807) is 6.33 Å². The molecule has 0 radical (unpaired) electrons. The predicted octanol–water partition coefficient (Wildman–Crippen LogP) is 3.65. The molecular formula is C23H30N6. The van der Waals surface area contributed by atoms with Crippen molar-refractivity contribution in [3.8, 4) is 0 Å². The van der Waals surface area contributed by atoms with Gasteiger partial charge in [0.15, 0.2) is 0 Å². The SMILES string of the molecule is Cc1cncnc1N1C=CC2=C(CC1)C(Nc1ccc(C(C)(C)C)cc1)NCN2. The summed E-state index contributed by atoms with van der Waals surface area (Å²) in [5.74, 6) is 0.964. The summed E-state index contributed by atoms with van der Waals surface area (Å²) in [7, 11) is 0. The number of aromatic nitrogens is 2. The molecule has 4 rings (SSSR count). The van der Waals surface area contributed by atoms with Crippen LogP contribution in [-0.4, -0.2) is 29.3 Å². The van der Waals surface area contributed by atoms with Gasteiger partial charge in [0.05, 0.1) is 6.67 Å². The van der Waals surface area contributed by atoms with Crippen LogP contribution in [0.4, 0.5) is 11.5 Å². The molecule has 2 aromatic rings. The highest BCUT2D eigenvalue weighted by atomic mass is 15.2. The zero-order valence-electron chi connectivity index (χ0n) is 17.7. The molecule has 0 amide bonds. The minimum absolute atomic E-state index is 0.0998. The molecular weight excluding hydrogens is 360 g/mol. The van der Waals surface area contributed by atoms with Crippen LogP contribution in [-0.2, 0) is 5.41 Å². The first-order valence-electron chi connectivity index (χ1n) is 10.2. The fraction of sp³-hybridized carbons (Fsp3) is 0.391. The van der Waals surface area contributed by atoms with Crippen LogP contribution in [0.3, 0.4) is 0 Å². The van der Waals surface area contributed by atoms with Crippen LogP contribution >= 0.6 is 0 Å². The smallest absolute Gasteiger partial charge is 0.138 e. The summed E-state index contributed by atoms with van der Waals surface area (Å²) in [5, 5.41) is 10.7. The molecule has 2 aliphatic heterocycles. The number of nitrogens with zero attached hydrogens (tertiary/aromatic N) is 3. The van der Waals surface area contributed by atoms with Crippen molar-refractivity contribution in [3.05, 3.63) is 71.5 Å². The lowest BCUT2D eigenvalue weighted by Crippen LogP contribution is -2.48. The Balaban J connectivity index is 1.50. The van der Waals surface area contributed by atoms with Crippen molar-refractivity contribution in [2.24, 2.45) is 0 Å².